The first-order valence-electron chi connectivity index (χ1n) is 16.3. The molecule has 15 heteroatoms. The summed E-state index contributed by atoms with van der Waals surface area (Å²) >= 11 is 13.7. The zero-order valence-electron chi connectivity index (χ0n) is 27.8. The minimum absolute atomic E-state index is 0.0766. The number of nitrogens with one attached hydrogen (secondary N) is 3. The van der Waals surface area contributed by atoms with Crippen molar-refractivity contribution in [3.63, 3.8) is 0 Å². The van der Waals surface area contributed by atoms with Crippen LogP contribution in [0.4, 0.5) is 21.0 Å². The molecule has 3 N–H and O–H groups in total. The predicted octanol–water partition coefficient (Wildman–Crippen LogP) is 7.89. The summed E-state index contributed by atoms with van der Waals surface area (Å²) in [6, 6.07) is 21.9. The van der Waals surface area contributed by atoms with Crippen LogP contribution in [0.3, 0.4) is 0 Å². The Morgan fingerprint density at radius 2 is 1.67 bits per heavy atom. The number of aryl methyl sites for hydroxylation is 1. The number of aromatic nitrogens is 6. The molecule has 0 aliphatic carbocycles. The Bertz CT molecular complexity index is 2170. The van der Waals surface area contributed by atoms with E-state index in [2.05, 4.69) is 49.4 Å². The fraction of sp³-hybridized carbons (Fsp3) is 0.222. The van der Waals surface area contributed by atoms with E-state index in [-0.39, 0.29) is 18.1 Å². The second kappa shape index (κ2) is 14.9. The number of urea groups is 2. The van der Waals surface area contributed by atoms with Crippen LogP contribution in [0.5, 0.6) is 0 Å². The lowest BCUT2D eigenvalue weighted by Gasteiger charge is -2.33. The number of hydrogen-bond acceptors (Lipinski definition) is 7. The number of benzene rings is 2. The molecule has 4 amide bonds. The van der Waals surface area contributed by atoms with Crippen LogP contribution in [-0.4, -0.2) is 64.6 Å². The van der Waals surface area contributed by atoms with Crippen LogP contribution in [0.25, 0.3) is 22.0 Å². The van der Waals surface area contributed by atoms with E-state index in [1.807, 2.05) is 53.0 Å². The van der Waals surface area contributed by atoms with Gasteiger partial charge in [-0.1, -0.05) is 41.4 Å². The molecule has 4 aromatic heterocycles. The van der Waals surface area contributed by atoms with Crippen molar-refractivity contribution in [3.8, 4) is 22.0 Å². The highest BCUT2D eigenvalue weighted by molar-refractivity contribution is 7.13. The molecule has 6 heterocycles. The van der Waals surface area contributed by atoms with Gasteiger partial charge in [0.15, 0.2) is 0 Å². The molecule has 8 rings (SSSR count). The van der Waals surface area contributed by atoms with Gasteiger partial charge in [0.05, 0.1) is 29.4 Å². The average Bonchev–Trinajstić information content (AvgIpc) is 3.87. The van der Waals surface area contributed by atoms with Crippen LogP contribution >= 0.6 is 34.5 Å². The Morgan fingerprint density at radius 3 is 2.33 bits per heavy atom. The number of rotatable bonds is 4. The molecule has 51 heavy (non-hydrogen) atoms. The third-order valence-electron chi connectivity index (χ3n) is 8.78. The zero-order chi connectivity index (χ0) is 35.5. The van der Waals surface area contributed by atoms with Crippen molar-refractivity contribution in [1.29, 1.82) is 0 Å². The summed E-state index contributed by atoms with van der Waals surface area (Å²) in [6.45, 7) is 3.68. The van der Waals surface area contributed by atoms with Crippen molar-refractivity contribution in [3.05, 3.63) is 117 Å². The molecule has 0 spiro atoms. The van der Waals surface area contributed by atoms with Crippen LogP contribution in [0.15, 0.2) is 84.4 Å². The van der Waals surface area contributed by atoms with Crippen LogP contribution in [0, 0.1) is 0 Å². The first-order valence-corrected chi connectivity index (χ1v) is 17.9. The number of H-pyrrole nitrogens is 1. The average molecular weight is 742 g/mol. The molecule has 0 fully saturated rings. The molecule has 1 atom stereocenters. The molecule has 0 saturated heterocycles. The number of anilines is 2. The van der Waals surface area contributed by atoms with E-state index in [9.17, 15) is 9.59 Å². The van der Waals surface area contributed by atoms with Gasteiger partial charge < -0.3 is 20.4 Å². The van der Waals surface area contributed by atoms with E-state index in [0.717, 1.165) is 40.3 Å². The summed E-state index contributed by atoms with van der Waals surface area (Å²) in [7, 11) is 1.97. The van der Waals surface area contributed by atoms with Crippen molar-refractivity contribution in [2.45, 2.75) is 38.9 Å². The Morgan fingerprint density at radius 1 is 0.922 bits per heavy atom. The number of carbonyl (C=O) groups is 2. The Labute approximate surface area is 308 Å². The molecule has 6 aromatic rings. The standard InChI is InChI=1S/C19H19ClN4OS.C17H15ClN6O/c1-12-9-16-15(18(23(2)22-16)17-7-4-8-26-17)11-24(12)19(25)21-14-6-3-5-13(20)10-14;18-11-3-1-4-12(9-11)20-17(25)24-8-6-14-13(10-24)16(23-22-14)15-5-2-7-19-21-15/h3-8,10,12H,9,11H2,1-2H3,(H,21,25);1-5,7,9H,6,8,10H2,(H,20,25)(H,22,23). The van der Waals surface area contributed by atoms with Crippen LogP contribution in [0.1, 0.15) is 29.4 Å². The van der Waals surface area contributed by atoms with Crippen molar-refractivity contribution < 1.29 is 9.59 Å². The van der Waals surface area contributed by atoms with E-state index in [1.54, 1.807) is 52.8 Å². The molecule has 2 aromatic carbocycles. The quantitative estimate of drug-likeness (QED) is 0.168. The predicted molar refractivity (Wildman–Crippen MR) is 200 cm³/mol. The van der Waals surface area contributed by atoms with Gasteiger partial charge in [-0.3, -0.25) is 9.78 Å². The maximum atomic E-state index is 12.9. The minimum Gasteiger partial charge on any atom is -0.320 e. The summed E-state index contributed by atoms with van der Waals surface area (Å²) in [5.41, 5.74) is 8.13. The van der Waals surface area contributed by atoms with Gasteiger partial charge in [0.2, 0.25) is 0 Å². The number of aromatic amines is 1. The van der Waals surface area contributed by atoms with Crippen molar-refractivity contribution in [1.82, 2.24) is 40.0 Å². The van der Waals surface area contributed by atoms with Gasteiger partial charge in [-0.15, -0.1) is 16.4 Å². The third-order valence-corrected chi connectivity index (χ3v) is 10.1. The normalized spacial score (nSPS) is 14.9. The number of hydrogen-bond donors (Lipinski definition) is 3. The summed E-state index contributed by atoms with van der Waals surface area (Å²) in [5, 5.41) is 29.2. The number of fused-ring (bicyclic) bond motifs is 2. The zero-order valence-corrected chi connectivity index (χ0v) is 30.1. The number of carbonyl (C=O) groups excluding carboxylic acids is 2. The highest BCUT2D eigenvalue weighted by Crippen LogP contribution is 2.35. The van der Waals surface area contributed by atoms with Gasteiger partial charge in [0.1, 0.15) is 11.4 Å². The number of nitrogens with zero attached hydrogens (tertiary/aromatic N) is 7. The van der Waals surface area contributed by atoms with Crippen molar-refractivity contribution >= 4 is 58.0 Å². The molecular formula is C36H34Cl2N10O2S. The summed E-state index contributed by atoms with van der Waals surface area (Å²) in [4.78, 5) is 30.2. The van der Waals surface area contributed by atoms with E-state index in [4.69, 9.17) is 28.3 Å². The summed E-state index contributed by atoms with van der Waals surface area (Å²) in [6.07, 6.45) is 3.08. The highest BCUT2D eigenvalue weighted by Gasteiger charge is 2.32. The van der Waals surface area contributed by atoms with Crippen LogP contribution in [-0.2, 0) is 33.0 Å². The SMILES string of the molecule is CC1Cc2nn(C)c(-c3cccs3)c2CN1C(=O)Nc1cccc(Cl)c1.O=C(Nc1cccc(Cl)c1)N1CCc2[nH]nc(-c3cccnn3)c2C1. The van der Waals surface area contributed by atoms with Crippen molar-refractivity contribution in [2.75, 3.05) is 17.2 Å². The molecule has 12 nitrogen and oxygen atoms in total. The smallest absolute Gasteiger partial charge is 0.320 e. The number of halogens is 2. The van der Waals surface area contributed by atoms with E-state index < -0.39 is 0 Å². The van der Waals surface area contributed by atoms with E-state index >= 15 is 0 Å². The third kappa shape index (κ3) is 7.60. The van der Waals surface area contributed by atoms with Crippen LogP contribution in [0.2, 0.25) is 10.0 Å². The van der Waals surface area contributed by atoms with E-state index in [0.29, 0.717) is 53.2 Å². The Kier molecular flexibility index (Phi) is 10.0. The van der Waals surface area contributed by atoms with Gasteiger partial charge in [-0.05, 0) is 66.9 Å². The first kappa shape index (κ1) is 34.2. The van der Waals surface area contributed by atoms with Gasteiger partial charge in [-0.25, -0.2) is 9.59 Å². The maximum absolute atomic E-state index is 12.9. The summed E-state index contributed by atoms with van der Waals surface area (Å²) in [5.74, 6) is 0. The van der Waals surface area contributed by atoms with Crippen molar-refractivity contribution in [2.24, 2.45) is 7.05 Å². The Balaban J connectivity index is 0.000000159. The molecular weight excluding hydrogens is 707 g/mol. The van der Waals surface area contributed by atoms with Gasteiger partial charge in [-0.2, -0.15) is 15.3 Å². The van der Waals surface area contributed by atoms with Gasteiger partial charge in [0.25, 0.3) is 0 Å². The molecule has 0 saturated carbocycles. The molecule has 1 unspecified atom stereocenters. The van der Waals surface area contributed by atoms with Gasteiger partial charge >= 0.3 is 12.1 Å². The minimum atomic E-state index is -0.167. The topological polar surface area (TPSA) is 137 Å². The second-order valence-corrected chi connectivity index (χ2v) is 14.1. The monoisotopic (exact) mass is 740 g/mol. The van der Waals surface area contributed by atoms with E-state index in [1.165, 1.54) is 4.88 Å². The number of amides is 4. The molecule has 260 valence electrons. The molecule has 2 aliphatic heterocycles. The molecule has 0 radical (unpaired) electrons. The fourth-order valence-electron chi connectivity index (χ4n) is 6.30. The largest absolute Gasteiger partial charge is 0.322 e. The lowest BCUT2D eigenvalue weighted by atomic mass is 9.99. The first-order chi connectivity index (χ1) is 24.7. The fourth-order valence-corrected chi connectivity index (χ4v) is 7.51. The van der Waals surface area contributed by atoms with Gasteiger partial charge in [0, 0.05) is 76.9 Å². The summed E-state index contributed by atoms with van der Waals surface area (Å²) < 4.78 is 1.93. The highest BCUT2D eigenvalue weighted by atomic mass is 35.5. The Hall–Kier alpha value is -5.24. The molecule has 0 bridgehead atoms. The van der Waals surface area contributed by atoms with Crippen LogP contribution < -0.4 is 10.6 Å². The maximum Gasteiger partial charge on any atom is 0.322 e. The lowest BCUT2D eigenvalue weighted by Crippen LogP contribution is -2.44. The number of thiophene rings is 1. The lowest BCUT2D eigenvalue weighted by molar-refractivity contribution is 0.182. The molecule has 2 aliphatic rings. The second-order valence-electron chi connectivity index (χ2n) is 12.2.